The summed E-state index contributed by atoms with van der Waals surface area (Å²) in [5.41, 5.74) is 3.11. The van der Waals surface area contributed by atoms with Crippen molar-refractivity contribution in [3.8, 4) is 0 Å². The molecule has 180 valence electrons. The molecule has 8 heteroatoms. The maximum Gasteiger partial charge on any atom is 0.262 e. The number of carbonyl (C=O) groups is 1. The molecular formula is C26H32N4O3S. The van der Waals surface area contributed by atoms with Gasteiger partial charge >= 0.3 is 0 Å². The van der Waals surface area contributed by atoms with Gasteiger partial charge < -0.3 is 15.0 Å². The van der Waals surface area contributed by atoms with Gasteiger partial charge in [-0.25, -0.2) is 0 Å². The van der Waals surface area contributed by atoms with E-state index >= 15 is 0 Å². The predicted octanol–water partition coefficient (Wildman–Crippen LogP) is 3.77. The van der Waals surface area contributed by atoms with Crippen LogP contribution in [0.3, 0.4) is 0 Å². The number of amides is 1. The van der Waals surface area contributed by atoms with Crippen molar-refractivity contribution in [2.24, 2.45) is 0 Å². The van der Waals surface area contributed by atoms with Crippen LogP contribution >= 0.6 is 12.2 Å². The first-order valence-electron chi connectivity index (χ1n) is 12.0. The van der Waals surface area contributed by atoms with Gasteiger partial charge in [0.2, 0.25) is 5.91 Å². The van der Waals surface area contributed by atoms with Crippen molar-refractivity contribution in [3.05, 3.63) is 74.8 Å². The van der Waals surface area contributed by atoms with Gasteiger partial charge in [-0.2, -0.15) is 0 Å². The zero-order valence-electron chi connectivity index (χ0n) is 19.4. The van der Waals surface area contributed by atoms with E-state index in [1.54, 1.807) is 4.57 Å². The molecule has 0 radical (unpaired) electrons. The van der Waals surface area contributed by atoms with Crippen LogP contribution in [0.2, 0.25) is 0 Å². The Morgan fingerprint density at radius 3 is 2.56 bits per heavy atom. The van der Waals surface area contributed by atoms with Gasteiger partial charge in [0, 0.05) is 39.1 Å². The molecule has 0 aliphatic carbocycles. The number of carbonyl (C=O) groups excluding carboxylic acids is 1. The quantitative estimate of drug-likeness (QED) is 0.341. The van der Waals surface area contributed by atoms with Crippen LogP contribution < -0.4 is 10.9 Å². The van der Waals surface area contributed by atoms with E-state index in [-0.39, 0.29) is 11.5 Å². The summed E-state index contributed by atoms with van der Waals surface area (Å²) in [6.07, 6.45) is 2.91. The Bertz CT molecular complexity index is 1230. The highest BCUT2D eigenvalue weighted by Crippen LogP contribution is 2.13. The van der Waals surface area contributed by atoms with Crippen LogP contribution in [0.4, 0.5) is 0 Å². The minimum absolute atomic E-state index is 0.0568. The third-order valence-electron chi connectivity index (χ3n) is 6.27. The van der Waals surface area contributed by atoms with Crippen molar-refractivity contribution in [2.45, 2.75) is 45.3 Å². The lowest BCUT2D eigenvalue weighted by Crippen LogP contribution is -2.36. The zero-order valence-corrected chi connectivity index (χ0v) is 20.2. The van der Waals surface area contributed by atoms with Crippen molar-refractivity contribution >= 4 is 29.0 Å². The Kier molecular flexibility index (Phi) is 8.62. The van der Waals surface area contributed by atoms with E-state index in [1.807, 2.05) is 36.4 Å². The van der Waals surface area contributed by atoms with Gasteiger partial charge in [-0.1, -0.05) is 42.8 Å². The van der Waals surface area contributed by atoms with Gasteiger partial charge in [-0.3, -0.25) is 19.1 Å². The molecule has 0 unspecified atom stereocenters. The molecule has 0 bridgehead atoms. The Balaban J connectivity index is 1.20. The first kappa shape index (κ1) is 24.3. The van der Waals surface area contributed by atoms with Gasteiger partial charge in [-0.15, -0.1) is 0 Å². The van der Waals surface area contributed by atoms with Gasteiger partial charge in [0.05, 0.1) is 24.1 Å². The molecule has 1 aromatic heterocycles. The molecule has 1 fully saturated rings. The highest BCUT2D eigenvalue weighted by molar-refractivity contribution is 7.71. The first-order valence-corrected chi connectivity index (χ1v) is 12.4. The van der Waals surface area contributed by atoms with Crippen molar-refractivity contribution in [3.63, 3.8) is 0 Å². The summed E-state index contributed by atoms with van der Waals surface area (Å²) in [7, 11) is 0. The average molecular weight is 481 g/mol. The minimum Gasteiger partial charge on any atom is -0.379 e. The van der Waals surface area contributed by atoms with Crippen molar-refractivity contribution in [2.75, 3.05) is 26.3 Å². The number of para-hydroxylation sites is 1. The molecule has 2 N–H and O–H groups in total. The molecule has 2 aromatic carbocycles. The number of rotatable bonds is 10. The number of fused-ring (bicyclic) bond motifs is 1. The van der Waals surface area contributed by atoms with Crippen LogP contribution in [0.5, 0.6) is 0 Å². The molecule has 2 heterocycles. The number of H-pyrrole nitrogens is 1. The van der Waals surface area contributed by atoms with Crippen LogP contribution in [0.1, 0.15) is 36.8 Å². The van der Waals surface area contributed by atoms with Gasteiger partial charge in [0.25, 0.3) is 5.56 Å². The summed E-state index contributed by atoms with van der Waals surface area (Å²) in [5.74, 6) is 0.0568. The van der Waals surface area contributed by atoms with E-state index in [2.05, 4.69) is 27.3 Å². The molecule has 3 aromatic rings. The summed E-state index contributed by atoms with van der Waals surface area (Å²) in [5, 5.41) is 3.71. The zero-order chi connectivity index (χ0) is 23.8. The number of hydrogen-bond donors (Lipinski definition) is 2. The maximum atomic E-state index is 12.7. The lowest BCUT2D eigenvalue weighted by molar-refractivity contribution is -0.121. The number of morpholine rings is 1. The summed E-state index contributed by atoms with van der Waals surface area (Å²) in [4.78, 5) is 30.6. The molecule has 4 rings (SSSR count). The maximum absolute atomic E-state index is 12.7. The number of unbranched alkanes of at least 4 members (excludes halogenated alkanes) is 2. The highest BCUT2D eigenvalue weighted by atomic mass is 32.1. The fraction of sp³-hybridized carbons (Fsp3) is 0.423. The van der Waals surface area contributed by atoms with Crippen LogP contribution in [0.15, 0.2) is 53.3 Å². The third kappa shape index (κ3) is 6.40. The Hall–Kier alpha value is -2.81. The summed E-state index contributed by atoms with van der Waals surface area (Å²) in [6.45, 7) is 5.41. The Labute approximate surface area is 204 Å². The van der Waals surface area contributed by atoms with Crippen LogP contribution in [0.25, 0.3) is 10.9 Å². The topological polar surface area (TPSA) is 79.4 Å². The molecule has 7 nitrogen and oxygen atoms in total. The molecule has 1 amide bonds. The first-order chi connectivity index (χ1) is 16.6. The van der Waals surface area contributed by atoms with Gasteiger partial charge in [0.15, 0.2) is 4.77 Å². The standard InChI is InChI=1S/C26H32N4O3S/c31-24(27-18-20-8-3-4-9-21(20)19-29-14-16-33-17-15-29)12-2-1-7-13-30-25(32)22-10-5-6-11-23(22)28-26(30)34/h3-6,8-11H,1-2,7,12-19H2,(H,27,31)(H,28,34). The van der Waals surface area contributed by atoms with Crippen LogP contribution in [0, 0.1) is 4.77 Å². The molecule has 1 aliphatic rings. The fourth-order valence-corrected chi connectivity index (χ4v) is 4.58. The third-order valence-corrected chi connectivity index (χ3v) is 6.59. The average Bonchev–Trinajstić information content (AvgIpc) is 2.85. The summed E-state index contributed by atoms with van der Waals surface area (Å²) in [6, 6.07) is 15.7. The second kappa shape index (κ2) is 12.1. The molecule has 0 spiro atoms. The van der Waals surface area contributed by atoms with E-state index < -0.39 is 0 Å². The number of benzene rings is 2. The second-order valence-corrected chi connectivity index (χ2v) is 9.06. The Morgan fingerprint density at radius 1 is 1.00 bits per heavy atom. The number of nitrogens with zero attached hydrogens (tertiary/aromatic N) is 2. The van der Waals surface area contributed by atoms with Crippen LogP contribution in [-0.4, -0.2) is 46.7 Å². The van der Waals surface area contributed by atoms with E-state index in [0.717, 1.165) is 63.2 Å². The molecular weight excluding hydrogens is 448 g/mol. The lowest BCUT2D eigenvalue weighted by Gasteiger charge is -2.27. The van der Waals surface area contributed by atoms with Crippen LogP contribution in [-0.2, 0) is 29.2 Å². The fourth-order valence-electron chi connectivity index (χ4n) is 4.30. The monoisotopic (exact) mass is 480 g/mol. The Morgan fingerprint density at radius 2 is 1.74 bits per heavy atom. The van der Waals surface area contributed by atoms with Gasteiger partial charge in [0.1, 0.15) is 0 Å². The van der Waals surface area contributed by atoms with E-state index in [1.165, 1.54) is 5.56 Å². The minimum atomic E-state index is -0.0622. The number of aromatic amines is 1. The summed E-state index contributed by atoms with van der Waals surface area (Å²) < 4.78 is 7.49. The number of aromatic nitrogens is 2. The predicted molar refractivity (Wildman–Crippen MR) is 136 cm³/mol. The highest BCUT2D eigenvalue weighted by Gasteiger charge is 2.13. The summed E-state index contributed by atoms with van der Waals surface area (Å²) >= 11 is 5.36. The molecule has 0 atom stereocenters. The van der Waals surface area contributed by atoms with E-state index in [9.17, 15) is 9.59 Å². The van der Waals surface area contributed by atoms with Crippen molar-refractivity contribution in [1.82, 2.24) is 19.8 Å². The lowest BCUT2D eigenvalue weighted by atomic mass is 10.1. The molecule has 1 saturated heterocycles. The largest absolute Gasteiger partial charge is 0.379 e. The van der Waals surface area contributed by atoms with Crippen molar-refractivity contribution in [1.29, 1.82) is 0 Å². The normalized spacial score (nSPS) is 14.4. The number of hydrogen-bond acceptors (Lipinski definition) is 5. The van der Waals surface area contributed by atoms with Gasteiger partial charge in [-0.05, 0) is 48.3 Å². The van der Waals surface area contributed by atoms with Crippen molar-refractivity contribution < 1.29 is 9.53 Å². The number of ether oxygens (including phenoxy) is 1. The molecule has 1 aliphatic heterocycles. The van der Waals surface area contributed by atoms with E-state index in [4.69, 9.17) is 17.0 Å². The SMILES string of the molecule is O=C(CCCCCn1c(=S)[nH]c2ccccc2c1=O)NCc1ccccc1CN1CCOCC1. The second-order valence-electron chi connectivity index (χ2n) is 8.68. The van der Waals surface area contributed by atoms with E-state index in [0.29, 0.717) is 29.7 Å². The number of nitrogens with one attached hydrogen (secondary N) is 2. The molecule has 34 heavy (non-hydrogen) atoms. The molecule has 0 saturated carbocycles. The smallest absolute Gasteiger partial charge is 0.262 e.